The lowest BCUT2D eigenvalue weighted by atomic mass is 10.0. The number of hydrogen-bond donors (Lipinski definition) is 1. The van der Waals surface area contributed by atoms with E-state index in [-0.39, 0.29) is 18.6 Å². The highest BCUT2D eigenvalue weighted by atomic mass is 32.2. The minimum absolute atomic E-state index is 0.119. The highest BCUT2D eigenvalue weighted by molar-refractivity contribution is 7.92. The van der Waals surface area contributed by atoms with E-state index in [2.05, 4.69) is 17.0 Å². The summed E-state index contributed by atoms with van der Waals surface area (Å²) in [7, 11) is -3.77. The number of hydrogen-bond acceptors (Lipinski definition) is 6. The number of aryl methyl sites for hydroxylation is 1. The van der Waals surface area contributed by atoms with Gasteiger partial charge in [0.05, 0.1) is 5.69 Å². The van der Waals surface area contributed by atoms with Crippen molar-refractivity contribution in [3.63, 3.8) is 0 Å². The zero-order chi connectivity index (χ0) is 16.8. The highest BCUT2D eigenvalue weighted by Gasteiger charge is 2.43. The fourth-order valence-corrected chi connectivity index (χ4v) is 2.38. The van der Waals surface area contributed by atoms with Gasteiger partial charge in [0.15, 0.2) is 14.6 Å². The summed E-state index contributed by atoms with van der Waals surface area (Å²) in [5.74, 6) is 4.30. The molecule has 0 saturated heterocycles. The van der Waals surface area contributed by atoms with E-state index in [0.717, 1.165) is 12.5 Å². The Labute approximate surface area is 128 Å². The van der Waals surface area contributed by atoms with Crippen LogP contribution < -0.4 is 0 Å². The summed E-state index contributed by atoms with van der Waals surface area (Å²) in [4.78, 5) is 21.4. The van der Waals surface area contributed by atoms with E-state index in [4.69, 9.17) is 9.63 Å². The molecule has 7 nitrogen and oxygen atoms in total. The molecule has 8 heteroatoms. The fraction of sp³-hybridized carbons (Fsp3) is 0.500. The van der Waals surface area contributed by atoms with Gasteiger partial charge in [-0.25, -0.2) is 8.42 Å². The minimum atomic E-state index is -3.77. The Morgan fingerprint density at radius 2 is 2.23 bits per heavy atom. The van der Waals surface area contributed by atoms with Gasteiger partial charge in [0.25, 0.3) is 0 Å². The maximum absolute atomic E-state index is 11.6. The molecule has 120 valence electrons. The minimum Gasteiger partial charge on any atom is -0.480 e. The van der Waals surface area contributed by atoms with Crippen molar-refractivity contribution in [2.45, 2.75) is 37.4 Å². The van der Waals surface area contributed by atoms with E-state index < -0.39 is 20.6 Å². The van der Waals surface area contributed by atoms with E-state index >= 15 is 0 Å². The Balaban J connectivity index is 2.76. The first kappa shape index (κ1) is 17.9. The van der Waals surface area contributed by atoms with E-state index in [0.29, 0.717) is 18.5 Å². The zero-order valence-corrected chi connectivity index (χ0v) is 13.1. The van der Waals surface area contributed by atoms with Gasteiger partial charge in [0.1, 0.15) is 6.29 Å². The molecule has 1 rings (SSSR count). The number of aldehydes is 1. The molecule has 1 aromatic heterocycles. The van der Waals surface area contributed by atoms with Crippen molar-refractivity contribution in [3.8, 4) is 11.8 Å². The number of nitrogens with zero attached hydrogens (tertiary/aromatic N) is 1. The lowest BCUT2D eigenvalue weighted by molar-refractivity contribution is -0.139. The Kier molecular flexibility index (Phi) is 5.88. The summed E-state index contributed by atoms with van der Waals surface area (Å²) in [5, 5.41) is 12.9. The van der Waals surface area contributed by atoms with E-state index in [1.54, 1.807) is 0 Å². The molecule has 1 heterocycles. The van der Waals surface area contributed by atoms with Gasteiger partial charge in [-0.3, -0.25) is 4.79 Å². The summed E-state index contributed by atoms with van der Waals surface area (Å²) in [5.41, 5.74) is 0.427. The number of sulfone groups is 1. The van der Waals surface area contributed by atoms with Crippen molar-refractivity contribution in [1.82, 2.24) is 5.16 Å². The first-order chi connectivity index (χ1) is 10.2. The Bertz CT molecular complexity index is 709. The number of carboxylic acid groups (broad SMARTS) is 1. The van der Waals surface area contributed by atoms with Gasteiger partial charge in [-0.1, -0.05) is 11.1 Å². The number of carboxylic acids is 1. The molecule has 22 heavy (non-hydrogen) atoms. The fourth-order valence-electron chi connectivity index (χ4n) is 1.59. The molecule has 0 aromatic carbocycles. The van der Waals surface area contributed by atoms with Crippen molar-refractivity contribution in [1.29, 1.82) is 0 Å². The number of unbranched alkanes of at least 4 members (excludes halogenated alkanes) is 1. The smallest absolute Gasteiger partial charge is 0.324 e. The maximum atomic E-state index is 11.6. The molecule has 0 fully saturated rings. The molecule has 0 spiro atoms. The Hall–Kier alpha value is -2.14. The quantitative estimate of drug-likeness (QED) is 0.448. The Morgan fingerprint density at radius 3 is 2.77 bits per heavy atom. The van der Waals surface area contributed by atoms with Gasteiger partial charge < -0.3 is 14.4 Å². The highest BCUT2D eigenvalue weighted by Crippen LogP contribution is 2.23. The van der Waals surface area contributed by atoms with Crippen LogP contribution in [-0.4, -0.2) is 41.9 Å². The molecular weight excluding hydrogens is 310 g/mol. The van der Waals surface area contributed by atoms with Crippen molar-refractivity contribution in [2.75, 3.05) is 6.26 Å². The molecule has 1 atom stereocenters. The van der Waals surface area contributed by atoms with Crippen LogP contribution in [0.2, 0.25) is 0 Å². The SMILES string of the molecule is CC(CCc1cc(C#CCCC=O)on1)(C(=O)O)S(C)(=O)=O. The summed E-state index contributed by atoms with van der Waals surface area (Å²) in [6.07, 6.45) is 2.41. The lowest BCUT2D eigenvalue weighted by Crippen LogP contribution is -2.43. The number of aliphatic carboxylic acids is 1. The summed E-state index contributed by atoms with van der Waals surface area (Å²) < 4.78 is 26.4. The van der Waals surface area contributed by atoms with Crippen LogP contribution in [0.25, 0.3) is 0 Å². The normalized spacial score (nSPS) is 13.7. The predicted molar refractivity (Wildman–Crippen MR) is 77.9 cm³/mol. The molecule has 1 unspecified atom stereocenters. The monoisotopic (exact) mass is 327 g/mol. The number of carbonyl (C=O) groups is 2. The molecule has 0 aliphatic carbocycles. The number of aromatic nitrogens is 1. The van der Waals surface area contributed by atoms with Crippen LogP contribution in [0.15, 0.2) is 10.6 Å². The number of carbonyl (C=O) groups excluding carboxylic acids is 1. The third kappa shape index (κ3) is 4.43. The Morgan fingerprint density at radius 1 is 1.55 bits per heavy atom. The molecule has 0 amide bonds. The average molecular weight is 327 g/mol. The first-order valence-corrected chi connectivity index (χ1v) is 8.41. The first-order valence-electron chi connectivity index (χ1n) is 6.52. The van der Waals surface area contributed by atoms with Gasteiger partial charge in [-0.15, -0.1) is 0 Å². The average Bonchev–Trinajstić information content (AvgIpc) is 2.87. The summed E-state index contributed by atoms with van der Waals surface area (Å²) in [6, 6.07) is 1.53. The van der Waals surface area contributed by atoms with Crippen LogP contribution in [0.4, 0.5) is 0 Å². The predicted octanol–water partition coefficient (Wildman–Crippen LogP) is 0.826. The van der Waals surface area contributed by atoms with Gasteiger partial charge in [0.2, 0.25) is 5.76 Å². The van der Waals surface area contributed by atoms with Crippen molar-refractivity contribution in [2.24, 2.45) is 0 Å². The van der Waals surface area contributed by atoms with Crippen molar-refractivity contribution < 1.29 is 27.6 Å². The molecule has 0 saturated carbocycles. The molecule has 0 radical (unpaired) electrons. The number of rotatable bonds is 7. The molecule has 0 bridgehead atoms. The van der Waals surface area contributed by atoms with Gasteiger partial charge in [-0.05, 0) is 25.7 Å². The molecule has 1 N–H and O–H groups in total. The van der Waals surface area contributed by atoms with Gasteiger partial charge >= 0.3 is 5.97 Å². The molecule has 0 aliphatic heterocycles. The largest absolute Gasteiger partial charge is 0.480 e. The standard InChI is InChI=1S/C14H17NO6S/c1-14(13(17)18,22(2,19)20)8-7-11-10-12(21-15-11)6-4-3-5-9-16/h9-10H,3,5,7-8H2,1-2H3,(H,17,18). The van der Waals surface area contributed by atoms with Crippen molar-refractivity contribution in [3.05, 3.63) is 17.5 Å². The zero-order valence-electron chi connectivity index (χ0n) is 12.3. The maximum Gasteiger partial charge on any atom is 0.324 e. The van der Waals surface area contributed by atoms with Crippen LogP contribution in [0, 0.1) is 11.8 Å². The van der Waals surface area contributed by atoms with Crippen LogP contribution in [0.1, 0.15) is 37.6 Å². The second-order valence-corrected chi connectivity index (χ2v) is 7.44. The van der Waals surface area contributed by atoms with Crippen LogP contribution in [0.5, 0.6) is 0 Å². The van der Waals surface area contributed by atoms with E-state index in [1.165, 1.54) is 13.0 Å². The van der Waals surface area contributed by atoms with Gasteiger partial charge in [-0.2, -0.15) is 0 Å². The van der Waals surface area contributed by atoms with Crippen LogP contribution in [-0.2, 0) is 25.8 Å². The van der Waals surface area contributed by atoms with Gasteiger partial charge in [0, 0.05) is 25.2 Å². The lowest BCUT2D eigenvalue weighted by Gasteiger charge is -2.21. The topological polar surface area (TPSA) is 115 Å². The second-order valence-electron chi connectivity index (χ2n) is 5.00. The van der Waals surface area contributed by atoms with Crippen LogP contribution >= 0.6 is 0 Å². The summed E-state index contributed by atoms with van der Waals surface area (Å²) >= 11 is 0. The molecule has 1 aromatic rings. The third-order valence-corrected chi connectivity index (χ3v) is 5.30. The third-order valence-electron chi connectivity index (χ3n) is 3.29. The summed E-state index contributed by atoms with van der Waals surface area (Å²) in [6.45, 7) is 1.17. The van der Waals surface area contributed by atoms with E-state index in [9.17, 15) is 18.0 Å². The van der Waals surface area contributed by atoms with E-state index in [1.807, 2.05) is 0 Å². The van der Waals surface area contributed by atoms with Crippen molar-refractivity contribution >= 4 is 22.1 Å². The second kappa shape index (κ2) is 7.22. The molecular formula is C14H17NO6S. The molecule has 0 aliphatic rings. The van der Waals surface area contributed by atoms with Crippen LogP contribution in [0.3, 0.4) is 0 Å².